The molecule has 0 spiro atoms. The van der Waals surface area contributed by atoms with Crippen LogP contribution in [-0.2, 0) is 16.1 Å². The fourth-order valence-corrected chi connectivity index (χ4v) is 3.39. The maximum absolute atomic E-state index is 13.8. The first kappa shape index (κ1) is 19.9. The minimum absolute atomic E-state index is 0.0589. The molecule has 2 aromatic carbocycles. The molecule has 0 unspecified atom stereocenters. The first-order valence-corrected chi connectivity index (χ1v) is 9.67. The highest BCUT2D eigenvalue weighted by Crippen LogP contribution is 2.21. The highest BCUT2D eigenvalue weighted by Gasteiger charge is 2.16. The minimum Gasteiger partial charge on any atom is -0.372 e. The molecular formula is C22H26FN3O2. The Hall–Kier alpha value is -2.89. The Morgan fingerprint density at radius 1 is 1.04 bits per heavy atom. The molecule has 148 valence electrons. The monoisotopic (exact) mass is 383 g/mol. The Kier molecular flexibility index (Phi) is 6.63. The summed E-state index contributed by atoms with van der Waals surface area (Å²) in [4.78, 5) is 27.9. The third-order valence-electron chi connectivity index (χ3n) is 4.97. The topological polar surface area (TPSA) is 52.7 Å². The number of carbonyl (C=O) groups is 2. The molecule has 1 aliphatic rings. The Labute approximate surface area is 165 Å². The molecule has 1 aliphatic heterocycles. The Bertz CT molecular complexity index is 817. The summed E-state index contributed by atoms with van der Waals surface area (Å²) in [6, 6.07) is 14.0. The molecule has 0 aliphatic carbocycles. The fraction of sp³-hybridized carbons (Fsp3) is 0.364. The van der Waals surface area contributed by atoms with E-state index in [-0.39, 0.29) is 30.7 Å². The van der Waals surface area contributed by atoms with Gasteiger partial charge in [-0.15, -0.1) is 0 Å². The van der Waals surface area contributed by atoms with Crippen LogP contribution in [0.5, 0.6) is 0 Å². The molecule has 2 aromatic rings. The van der Waals surface area contributed by atoms with Crippen molar-refractivity contribution < 1.29 is 14.0 Å². The highest BCUT2D eigenvalue weighted by molar-refractivity contribution is 5.94. The molecule has 1 fully saturated rings. The van der Waals surface area contributed by atoms with Crippen LogP contribution in [0.3, 0.4) is 0 Å². The van der Waals surface area contributed by atoms with Crippen molar-refractivity contribution in [1.82, 2.24) is 4.90 Å². The molecular weight excluding hydrogens is 357 g/mol. The number of rotatable bonds is 6. The predicted octanol–water partition coefficient (Wildman–Crippen LogP) is 3.80. The number of hydrogen-bond acceptors (Lipinski definition) is 3. The Morgan fingerprint density at radius 3 is 2.36 bits per heavy atom. The van der Waals surface area contributed by atoms with E-state index in [1.807, 2.05) is 24.3 Å². The van der Waals surface area contributed by atoms with E-state index >= 15 is 0 Å². The summed E-state index contributed by atoms with van der Waals surface area (Å²) in [5.74, 6) is -0.974. The Balaban J connectivity index is 1.58. The van der Waals surface area contributed by atoms with E-state index in [9.17, 15) is 14.0 Å². The number of nitrogens with zero attached hydrogens (tertiary/aromatic N) is 2. The van der Waals surface area contributed by atoms with Crippen LogP contribution in [0.25, 0.3) is 0 Å². The first-order valence-electron chi connectivity index (χ1n) is 9.67. The van der Waals surface area contributed by atoms with E-state index in [1.165, 1.54) is 37.2 Å². The average Bonchev–Trinajstić information content (AvgIpc) is 2.70. The standard InChI is InChI=1S/C22H26FN3O2/c1-17(27)26(15-18-7-3-4-8-21(18)23)16-22(28)24-19-9-11-20(12-10-19)25-13-5-2-6-14-25/h3-4,7-12H,2,5-6,13-16H2,1H3,(H,24,28). The van der Waals surface area contributed by atoms with E-state index in [1.54, 1.807) is 18.2 Å². The van der Waals surface area contributed by atoms with Crippen molar-refractivity contribution in [2.75, 3.05) is 29.9 Å². The van der Waals surface area contributed by atoms with Crippen LogP contribution in [0.4, 0.5) is 15.8 Å². The van der Waals surface area contributed by atoms with Gasteiger partial charge < -0.3 is 15.1 Å². The van der Waals surface area contributed by atoms with Gasteiger partial charge in [0.1, 0.15) is 12.4 Å². The molecule has 0 radical (unpaired) electrons. The SMILES string of the molecule is CC(=O)N(CC(=O)Nc1ccc(N2CCCCC2)cc1)Cc1ccccc1F. The molecule has 1 saturated heterocycles. The van der Waals surface area contributed by atoms with Crippen molar-refractivity contribution in [3.8, 4) is 0 Å². The molecule has 1 heterocycles. The number of hydrogen-bond donors (Lipinski definition) is 1. The molecule has 0 saturated carbocycles. The summed E-state index contributed by atoms with van der Waals surface area (Å²) in [5, 5.41) is 2.81. The largest absolute Gasteiger partial charge is 0.372 e. The molecule has 3 rings (SSSR count). The van der Waals surface area contributed by atoms with Gasteiger partial charge in [-0.05, 0) is 49.6 Å². The Morgan fingerprint density at radius 2 is 1.71 bits per heavy atom. The number of piperidine rings is 1. The van der Waals surface area contributed by atoms with Gasteiger partial charge in [0, 0.05) is 43.5 Å². The second-order valence-electron chi connectivity index (χ2n) is 7.11. The summed E-state index contributed by atoms with van der Waals surface area (Å²) >= 11 is 0. The average molecular weight is 383 g/mol. The predicted molar refractivity (Wildman–Crippen MR) is 109 cm³/mol. The van der Waals surface area contributed by atoms with Crippen LogP contribution in [-0.4, -0.2) is 36.3 Å². The third kappa shape index (κ3) is 5.31. The molecule has 28 heavy (non-hydrogen) atoms. The van der Waals surface area contributed by atoms with Gasteiger partial charge in [0.15, 0.2) is 0 Å². The molecule has 0 bridgehead atoms. The van der Waals surface area contributed by atoms with E-state index in [2.05, 4.69) is 10.2 Å². The van der Waals surface area contributed by atoms with Crippen molar-refractivity contribution >= 4 is 23.2 Å². The van der Waals surface area contributed by atoms with Crippen LogP contribution in [0.15, 0.2) is 48.5 Å². The summed E-state index contributed by atoms with van der Waals surface area (Å²) in [6.45, 7) is 3.44. The molecule has 6 heteroatoms. The van der Waals surface area contributed by atoms with E-state index < -0.39 is 0 Å². The number of carbonyl (C=O) groups excluding carboxylic acids is 2. The lowest BCUT2D eigenvalue weighted by Gasteiger charge is -2.28. The molecule has 0 aromatic heterocycles. The number of halogens is 1. The minimum atomic E-state index is -0.387. The summed E-state index contributed by atoms with van der Waals surface area (Å²) in [6.07, 6.45) is 3.70. The van der Waals surface area contributed by atoms with Crippen molar-refractivity contribution in [3.63, 3.8) is 0 Å². The fourth-order valence-electron chi connectivity index (χ4n) is 3.39. The van der Waals surface area contributed by atoms with Crippen molar-refractivity contribution in [2.45, 2.75) is 32.7 Å². The zero-order chi connectivity index (χ0) is 19.9. The van der Waals surface area contributed by atoms with E-state index in [0.717, 1.165) is 18.8 Å². The maximum atomic E-state index is 13.8. The van der Waals surface area contributed by atoms with Gasteiger partial charge in [-0.2, -0.15) is 0 Å². The lowest BCUT2D eigenvalue weighted by Crippen LogP contribution is -2.36. The van der Waals surface area contributed by atoms with Gasteiger partial charge in [0.05, 0.1) is 0 Å². The van der Waals surface area contributed by atoms with E-state index in [4.69, 9.17) is 0 Å². The molecule has 0 atom stereocenters. The molecule has 5 nitrogen and oxygen atoms in total. The second-order valence-corrected chi connectivity index (χ2v) is 7.11. The van der Waals surface area contributed by atoms with Crippen LogP contribution in [0, 0.1) is 5.82 Å². The van der Waals surface area contributed by atoms with Gasteiger partial charge in [-0.3, -0.25) is 9.59 Å². The number of benzene rings is 2. The highest BCUT2D eigenvalue weighted by atomic mass is 19.1. The lowest BCUT2D eigenvalue weighted by atomic mass is 10.1. The summed E-state index contributed by atoms with van der Waals surface area (Å²) in [5.41, 5.74) is 2.22. The quantitative estimate of drug-likeness (QED) is 0.825. The van der Waals surface area contributed by atoms with Crippen LogP contribution in [0.2, 0.25) is 0 Å². The number of anilines is 2. The zero-order valence-corrected chi connectivity index (χ0v) is 16.2. The zero-order valence-electron chi connectivity index (χ0n) is 16.2. The van der Waals surface area contributed by atoms with Gasteiger partial charge >= 0.3 is 0 Å². The van der Waals surface area contributed by atoms with Crippen LogP contribution in [0.1, 0.15) is 31.7 Å². The number of nitrogens with one attached hydrogen (secondary N) is 1. The van der Waals surface area contributed by atoms with E-state index in [0.29, 0.717) is 11.3 Å². The van der Waals surface area contributed by atoms with Gasteiger partial charge in [-0.25, -0.2) is 4.39 Å². The van der Waals surface area contributed by atoms with Crippen molar-refractivity contribution in [2.24, 2.45) is 0 Å². The number of amides is 2. The van der Waals surface area contributed by atoms with Crippen molar-refractivity contribution in [3.05, 3.63) is 59.9 Å². The summed E-state index contributed by atoms with van der Waals surface area (Å²) in [7, 11) is 0. The van der Waals surface area contributed by atoms with Gasteiger partial charge in [0.2, 0.25) is 11.8 Å². The smallest absolute Gasteiger partial charge is 0.244 e. The summed E-state index contributed by atoms with van der Waals surface area (Å²) < 4.78 is 13.8. The second kappa shape index (κ2) is 9.35. The van der Waals surface area contributed by atoms with Gasteiger partial charge in [0.25, 0.3) is 0 Å². The lowest BCUT2D eigenvalue weighted by molar-refractivity contribution is -0.133. The van der Waals surface area contributed by atoms with Crippen LogP contribution >= 0.6 is 0 Å². The van der Waals surface area contributed by atoms with Gasteiger partial charge in [-0.1, -0.05) is 18.2 Å². The maximum Gasteiger partial charge on any atom is 0.244 e. The molecule has 1 N–H and O–H groups in total. The van der Waals surface area contributed by atoms with Crippen LogP contribution < -0.4 is 10.2 Å². The normalized spacial score (nSPS) is 13.9. The first-order chi connectivity index (χ1) is 13.5. The third-order valence-corrected chi connectivity index (χ3v) is 4.97. The molecule has 2 amide bonds. The van der Waals surface area contributed by atoms with Crippen molar-refractivity contribution in [1.29, 1.82) is 0 Å².